The molecule has 2 nitrogen and oxygen atoms in total. The van der Waals surface area contributed by atoms with Gasteiger partial charge >= 0.3 is 0 Å². The normalized spacial score (nSPS) is 12.3. The average Bonchev–Trinajstić information content (AvgIpc) is 2.60. The van der Waals surface area contributed by atoms with Crippen LogP contribution in [0.1, 0.15) is 25.0 Å². The molecule has 0 aliphatic heterocycles. The number of benzene rings is 1. The summed E-state index contributed by atoms with van der Waals surface area (Å²) in [5, 5.41) is 1.30. The number of nitrogens with two attached hydrogens (primary N) is 1. The molecule has 1 aromatic heterocycles. The van der Waals surface area contributed by atoms with Gasteiger partial charge < -0.3 is 10.7 Å². The molecule has 1 aromatic carbocycles. The third-order valence-corrected chi connectivity index (χ3v) is 3.18. The molecule has 0 amide bonds. The smallest absolute Gasteiger partial charge is 0.0456 e. The number of nitrogens with one attached hydrogen (secondary N) is 1. The Kier molecular flexibility index (Phi) is 2.31. The highest BCUT2D eigenvalue weighted by atomic mass is 14.7. The Morgan fingerprint density at radius 1 is 1.33 bits per heavy atom. The van der Waals surface area contributed by atoms with E-state index in [9.17, 15) is 0 Å². The Morgan fingerprint density at radius 2 is 2.07 bits per heavy atom. The van der Waals surface area contributed by atoms with Gasteiger partial charge in [0.15, 0.2) is 0 Å². The molecular weight excluding hydrogens is 184 g/mol. The van der Waals surface area contributed by atoms with E-state index in [1.165, 1.54) is 22.0 Å². The Morgan fingerprint density at radius 3 is 2.73 bits per heavy atom. The summed E-state index contributed by atoms with van der Waals surface area (Å²) in [7, 11) is 0. The van der Waals surface area contributed by atoms with Crippen molar-refractivity contribution in [2.45, 2.75) is 26.2 Å². The summed E-state index contributed by atoms with van der Waals surface area (Å²) < 4.78 is 0. The highest BCUT2D eigenvalue weighted by molar-refractivity contribution is 5.83. The van der Waals surface area contributed by atoms with E-state index in [1.54, 1.807) is 0 Å². The Bertz CT molecular complexity index is 480. The predicted molar refractivity (Wildman–Crippen MR) is 65.1 cm³/mol. The van der Waals surface area contributed by atoms with Gasteiger partial charge in [0.2, 0.25) is 0 Å². The van der Waals surface area contributed by atoms with Crippen molar-refractivity contribution < 1.29 is 0 Å². The van der Waals surface area contributed by atoms with Gasteiger partial charge in [0.25, 0.3) is 0 Å². The molecule has 80 valence electrons. The van der Waals surface area contributed by atoms with E-state index in [-0.39, 0.29) is 5.41 Å². The Balaban J connectivity index is 2.59. The SMILES string of the molecule is Cc1c[nH]c2ccc(C(C)(C)CN)cc12. The van der Waals surface area contributed by atoms with Crippen LogP contribution < -0.4 is 5.73 Å². The fourth-order valence-electron chi connectivity index (χ4n) is 1.80. The van der Waals surface area contributed by atoms with Crippen LogP contribution in [0.5, 0.6) is 0 Å². The first-order chi connectivity index (χ1) is 7.04. The Labute approximate surface area is 90.5 Å². The number of aromatic nitrogens is 1. The van der Waals surface area contributed by atoms with Crippen LogP contribution in [0.3, 0.4) is 0 Å². The molecule has 3 N–H and O–H groups in total. The minimum absolute atomic E-state index is 0.0535. The number of aromatic amines is 1. The van der Waals surface area contributed by atoms with Crippen molar-refractivity contribution in [3.63, 3.8) is 0 Å². The van der Waals surface area contributed by atoms with Gasteiger partial charge in [-0.15, -0.1) is 0 Å². The Hall–Kier alpha value is -1.28. The van der Waals surface area contributed by atoms with Crippen molar-refractivity contribution in [3.8, 4) is 0 Å². The molecule has 0 saturated heterocycles. The minimum atomic E-state index is 0.0535. The van der Waals surface area contributed by atoms with Gasteiger partial charge in [0.05, 0.1) is 0 Å². The molecule has 0 saturated carbocycles. The number of fused-ring (bicyclic) bond motifs is 1. The monoisotopic (exact) mass is 202 g/mol. The van der Waals surface area contributed by atoms with Gasteiger partial charge in [0, 0.05) is 29.1 Å². The van der Waals surface area contributed by atoms with E-state index >= 15 is 0 Å². The summed E-state index contributed by atoms with van der Waals surface area (Å²) in [5.74, 6) is 0. The molecule has 1 heterocycles. The van der Waals surface area contributed by atoms with Crippen LogP contribution in [0, 0.1) is 6.92 Å². The molecule has 0 atom stereocenters. The van der Waals surface area contributed by atoms with Crippen molar-refractivity contribution in [3.05, 3.63) is 35.5 Å². The van der Waals surface area contributed by atoms with E-state index in [0.717, 1.165) is 0 Å². The molecule has 0 aliphatic carbocycles. The lowest BCUT2D eigenvalue weighted by atomic mass is 9.84. The van der Waals surface area contributed by atoms with Crippen LogP contribution in [0.15, 0.2) is 24.4 Å². The highest BCUT2D eigenvalue weighted by Crippen LogP contribution is 2.26. The lowest BCUT2D eigenvalue weighted by Gasteiger charge is -2.23. The van der Waals surface area contributed by atoms with Crippen LogP contribution in [-0.2, 0) is 5.41 Å². The molecule has 0 fully saturated rings. The van der Waals surface area contributed by atoms with Crippen LogP contribution >= 0.6 is 0 Å². The highest BCUT2D eigenvalue weighted by Gasteiger charge is 2.18. The largest absolute Gasteiger partial charge is 0.361 e. The minimum Gasteiger partial charge on any atom is -0.361 e. The fourth-order valence-corrected chi connectivity index (χ4v) is 1.80. The molecule has 0 bridgehead atoms. The molecule has 2 heteroatoms. The molecule has 0 aliphatic rings. The van der Waals surface area contributed by atoms with Crippen molar-refractivity contribution in [1.29, 1.82) is 0 Å². The van der Waals surface area contributed by atoms with Crippen molar-refractivity contribution >= 4 is 10.9 Å². The summed E-state index contributed by atoms with van der Waals surface area (Å²) in [6.07, 6.45) is 2.05. The summed E-state index contributed by atoms with van der Waals surface area (Å²) in [5.41, 5.74) is 9.64. The first kappa shape index (κ1) is 10.2. The van der Waals surface area contributed by atoms with E-state index in [2.05, 4.69) is 44.0 Å². The van der Waals surface area contributed by atoms with E-state index < -0.39 is 0 Å². The summed E-state index contributed by atoms with van der Waals surface area (Å²) in [6, 6.07) is 6.54. The van der Waals surface area contributed by atoms with Crippen LogP contribution in [-0.4, -0.2) is 11.5 Å². The van der Waals surface area contributed by atoms with Gasteiger partial charge in [-0.05, 0) is 30.2 Å². The molecular formula is C13H18N2. The van der Waals surface area contributed by atoms with Crippen molar-refractivity contribution in [2.24, 2.45) is 5.73 Å². The number of H-pyrrole nitrogens is 1. The van der Waals surface area contributed by atoms with Gasteiger partial charge in [-0.1, -0.05) is 19.9 Å². The van der Waals surface area contributed by atoms with Gasteiger partial charge in [-0.2, -0.15) is 0 Å². The van der Waals surface area contributed by atoms with E-state index in [4.69, 9.17) is 5.73 Å². The lowest BCUT2D eigenvalue weighted by Crippen LogP contribution is -2.27. The molecule has 0 radical (unpaired) electrons. The topological polar surface area (TPSA) is 41.8 Å². The predicted octanol–water partition coefficient (Wildman–Crippen LogP) is 2.71. The summed E-state index contributed by atoms with van der Waals surface area (Å²) in [6.45, 7) is 7.15. The fraction of sp³-hybridized carbons (Fsp3) is 0.385. The molecule has 2 aromatic rings. The number of hydrogen-bond donors (Lipinski definition) is 2. The van der Waals surface area contributed by atoms with Crippen LogP contribution in [0.4, 0.5) is 0 Å². The second kappa shape index (κ2) is 3.38. The van der Waals surface area contributed by atoms with Gasteiger partial charge in [0.1, 0.15) is 0 Å². The third-order valence-electron chi connectivity index (χ3n) is 3.18. The van der Waals surface area contributed by atoms with Crippen molar-refractivity contribution in [2.75, 3.05) is 6.54 Å². The third kappa shape index (κ3) is 1.65. The first-order valence-electron chi connectivity index (χ1n) is 5.33. The lowest BCUT2D eigenvalue weighted by molar-refractivity contribution is 0.540. The first-order valence-corrected chi connectivity index (χ1v) is 5.33. The van der Waals surface area contributed by atoms with E-state index in [0.29, 0.717) is 6.54 Å². The van der Waals surface area contributed by atoms with Crippen molar-refractivity contribution in [1.82, 2.24) is 4.98 Å². The number of hydrogen-bond acceptors (Lipinski definition) is 1. The quantitative estimate of drug-likeness (QED) is 0.772. The zero-order valence-corrected chi connectivity index (χ0v) is 9.59. The van der Waals surface area contributed by atoms with Gasteiger partial charge in [-0.25, -0.2) is 0 Å². The molecule has 2 rings (SSSR count). The summed E-state index contributed by atoms with van der Waals surface area (Å²) in [4.78, 5) is 3.25. The zero-order chi connectivity index (χ0) is 11.1. The second-order valence-corrected chi connectivity index (χ2v) is 4.82. The maximum Gasteiger partial charge on any atom is 0.0456 e. The maximum absolute atomic E-state index is 5.79. The van der Waals surface area contributed by atoms with Crippen LogP contribution in [0.25, 0.3) is 10.9 Å². The molecule has 15 heavy (non-hydrogen) atoms. The zero-order valence-electron chi connectivity index (χ0n) is 9.59. The number of rotatable bonds is 2. The maximum atomic E-state index is 5.79. The number of aryl methyl sites for hydroxylation is 1. The van der Waals surface area contributed by atoms with E-state index in [1.807, 2.05) is 6.20 Å². The second-order valence-electron chi connectivity index (χ2n) is 4.82. The average molecular weight is 202 g/mol. The molecule has 0 spiro atoms. The van der Waals surface area contributed by atoms with Gasteiger partial charge in [-0.3, -0.25) is 0 Å². The van der Waals surface area contributed by atoms with Crippen LogP contribution in [0.2, 0.25) is 0 Å². The standard InChI is InChI=1S/C13H18N2/c1-9-7-15-12-5-4-10(6-11(9)12)13(2,3)8-14/h4-7,15H,8,14H2,1-3H3. The summed E-state index contributed by atoms with van der Waals surface area (Å²) >= 11 is 0. The molecule has 0 unspecified atom stereocenters.